The number of hydrogen-bond acceptors (Lipinski definition) is 0. The first kappa shape index (κ1) is 18.9. The summed E-state index contributed by atoms with van der Waals surface area (Å²) in [7, 11) is 0. The van der Waals surface area contributed by atoms with Crippen molar-refractivity contribution in [2.75, 3.05) is 0 Å². The summed E-state index contributed by atoms with van der Waals surface area (Å²) in [6.07, 6.45) is 16.9. The predicted octanol–water partition coefficient (Wildman–Crippen LogP) is 1.68. The maximum atomic E-state index is 2.28. The fourth-order valence-electron chi connectivity index (χ4n) is 2.33. The van der Waals surface area contributed by atoms with Gasteiger partial charge in [-0.25, -0.2) is 4.57 Å². The van der Waals surface area contributed by atoms with Crippen LogP contribution in [0.4, 0.5) is 0 Å². The van der Waals surface area contributed by atoms with Crippen LogP contribution >= 0.6 is 0 Å². The normalized spacial score (nSPS) is 10.2. The van der Waals surface area contributed by atoms with Crippen LogP contribution < -0.4 is 28.5 Å². The molecule has 0 aliphatic heterocycles. The fourth-order valence-corrected chi connectivity index (χ4v) is 2.33. The molecule has 0 unspecified atom stereocenters. The minimum atomic E-state index is 0. The van der Waals surface area contributed by atoms with Crippen LogP contribution in [-0.2, 0) is 13.0 Å². The fraction of sp³-hybridized carbons (Fsp3) is 0.706. The van der Waals surface area contributed by atoms with Crippen molar-refractivity contribution in [3.05, 3.63) is 30.1 Å². The van der Waals surface area contributed by atoms with E-state index in [2.05, 4.69) is 42.9 Å². The zero-order chi connectivity index (χ0) is 13.1. The summed E-state index contributed by atoms with van der Waals surface area (Å²) in [6.45, 7) is 5.53. The van der Waals surface area contributed by atoms with E-state index in [0.29, 0.717) is 0 Å². The van der Waals surface area contributed by atoms with Gasteiger partial charge in [0, 0.05) is 12.1 Å². The highest BCUT2D eigenvalue weighted by Gasteiger charge is 1.98. The van der Waals surface area contributed by atoms with Gasteiger partial charge in [0.05, 0.1) is 0 Å². The minimum Gasteiger partial charge on any atom is -1.00 e. The van der Waals surface area contributed by atoms with Crippen molar-refractivity contribution in [3.63, 3.8) is 0 Å². The zero-order valence-electron chi connectivity index (χ0n) is 12.7. The molecule has 110 valence electrons. The largest absolute Gasteiger partial charge is 1.00 e. The van der Waals surface area contributed by atoms with E-state index >= 15 is 0 Å². The summed E-state index contributed by atoms with van der Waals surface area (Å²) in [5.41, 5.74) is 1.49. The lowest BCUT2D eigenvalue weighted by atomic mass is 10.0. The molecule has 1 heterocycles. The van der Waals surface area contributed by atoms with Gasteiger partial charge in [0.15, 0.2) is 12.4 Å². The Labute approximate surface area is 136 Å². The number of halogens is 1. The third kappa shape index (κ3) is 9.42. The average molecular weight is 375 g/mol. The lowest BCUT2D eigenvalue weighted by molar-refractivity contribution is -0.693. The molecule has 0 amide bonds. The standard InChI is InChI=1S/C17H30N.HI/c1-3-5-6-7-8-9-10-11-12-17-13-15-18(4-2)16-14-17;/h13-16H,3-12H2,1-2H3;1H/q+1;/p-1. The highest BCUT2D eigenvalue weighted by atomic mass is 127. The van der Waals surface area contributed by atoms with Crippen molar-refractivity contribution >= 4 is 0 Å². The molecule has 0 aromatic carbocycles. The Morgan fingerprint density at radius 3 is 1.84 bits per heavy atom. The van der Waals surface area contributed by atoms with E-state index < -0.39 is 0 Å². The van der Waals surface area contributed by atoms with Gasteiger partial charge < -0.3 is 24.0 Å². The smallest absolute Gasteiger partial charge is 0.169 e. The van der Waals surface area contributed by atoms with Crippen LogP contribution in [0.3, 0.4) is 0 Å². The van der Waals surface area contributed by atoms with Crippen LogP contribution in [0.5, 0.6) is 0 Å². The Bertz CT molecular complexity index is 295. The highest BCUT2D eigenvalue weighted by Crippen LogP contribution is 2.10. The van der Waals surface area contributed by atoms with E-state index in [0.717, 1.165) is 6.54 Å². The molecule has 1 aromatic rings. The van der Waals surface area contributed by atoms with Gasteiger partial charge in [0.1, 0.15) is 6.54 Å². The van der Waals surface area contributed by atoms with Gasteiger partial charge in [0.25, 0.3) is 0 Å². The lowest BCUT2D eigenvalue weighted by Crippen LogP contribution is -3.00. The average Bonchev–Trinajstić information content (AvgIpc) is 2.42. The summed E-state index contributed by atoms with van der Waals surface area (Å²) < 4.78 is 2.22. The number of aromatic nitrogens is 1. The summed E-state index contributed by atoms with van der Waals surface area (Å²) in [6, 6.07) is 4.54. The highest BCUT2D eigenvalue weighted by molar-refractivity contribution is 5.07. The molecule has 2 heteroatoms. The molecule has 1 nitrogen and oxygen atoms in total. The SMILES string of the molecule is CCCCCCCCCCc1cc[n+](CC)cc1.[I-]. The molecular formula is C17H30IN. The molecule has 0 fully saturated rings. The van der Waals surface area contributed by atoms with Crippen molar-refractivity contribution < 1.29 is 28.5 Å². The van der Waals surface area contributed by atoms with E-state index in [1.54, 1.807) is 0 Å². The molecule has 1 rings (SSSR count). The second-order valence-corrected chi connectivity index (χ2v) is 5.26. The Morgan fingerprint density at radius 1 is 0.789 bits per heavy atom. The first-order valence-electron chi connectivity index (χ1n) is 7.84. The topological polar surface area (TPSA) is 3.88 Å². The quantitative estimate of drug-likeness (QED) is 0.333. The molecule has 1 aromatic heterocycles. The zero-order valence-corrected chi connectivity index (χ0v) is 14.9. The Balaban J connectivity index is 0.00000324. The number of nitrogens with zero attached hydrogens (tertiary/aromatic N) is 1. The monoisotopic (exact) mass is 375 g/mol. The molecule has 0 aliphatic carbocycles. The molecular weight excluding hydrogens is 345 g/mol. The molecule has 0 N–H and O–H groups in total. The molecule has 0 saturated heterocycles. The van der Waals surface area contributed by atoms with Gasteiger partial charge in [0.2, 0.25) is 0 Å². The van der Waals surface area contributed by atoms with Gasteiger partial charge in [-0.15, -0.1) is 0 Å². The van der Waals surface area contributed by atoms with E-state index in [1.807, 2.05) is 0 Å². The van der Waals surface area contributed by atoms with E-state index in [1.165, 1.54) is 63.4 Å². The predicted molar refractivity (Wildman–Crippen MR) is 78.6 cm³/mol. The maximum Gasteiger partial charge on any atom is 0.169 e. The van der Waals surface area contributed by atoms with E-state index in [9.17, 15) is 0 Å². The number of hydrogen-bond donors (Lipinski definition) is 0. The van der Waals surface area contributed by atoms with Crippen LogP contribution in [0.15, 0.2) is 24.5 Å². The third-order valence-electron chi connectivity index (χ3n) is 3.64. The molecule has 0 bridgehead atoms. The number of aryl methyl sites for hydroxylation is 2. The van der Waals surface area contributed by atoms with Gasteiger partial charge in [-0.05, 0) is 25.3 Å². The maximum absolute atomic E-state index is 2.28. The molecule has 0 saturated carbocycles. The van der Waals surface area contributed by atoms with Crippen molar-refractivity contribution in [2.45, 2.75) is 78.2 Å². The van der Waals surface area contributed by atoms with Gasteiger partial charge in [-0.2, -0.15) is 0 Å². The summed E-state index contributed by atoms with van der Waals surface area (Å²) >= 11 is 0. The summed E-state index contributed by atoms with van der Waals surface area (Å²) in [5, 5.41) is 0. The number of unbranched alkanes of at least 4 members (excludes halogenated alkanes) is 7. The third-order valence-corrected chi connectivity index (χ3v) is 3.64. The van der Waals surface area contributed by atoms with E-state index in [4.69, 9.17) is 0 Å². The first-order valence-corrected chi connectivity index (χ1v) is 7.84. The molecule has 0 radical (unpaired) electrons. The van der Waals surface area contributed by atoms with Gasteiger partial charge in [-0.3, -0.25) is 0 Å². The van der Waals surface area contributed by atoms with E-state index in [-0.39, 0.29) is 24.0 Å². The Hall–Kier alpha value is -0.120. The Kier molecular flexibility index (Phi) is 12.8. The first-order chi connectivity index (χ1) is 8.86. The van der Waals surface area contributed by atoms with Gasteiger partial charge >= 0.3 is 0 Å². The van der Waals surface area contributed by atoms with Crippen LogP contribution in [0.2, 0.25) is 0 Å². The van der Waals surface area contributed by atoms with Crippen LogP contribution in [0.25, 0.3) is 0 Å². The molecule has 0 aliphatic rings. The van der Waals surface area contributed by atoms with Crippen molar-refractivity contribution in [1.29, 1.82) is 0 Å². The van der Waals surface area contributed by atoms with Gasteiger partial charge in [-0.1, -0.05) is 51.9 Å². The lowest BCUT2D eigenvalue weighted by Gasteiger charge is -2.02. The van der Waals surface area contributed by atoms with Crippen molar-refractivity contribution in [1.82, 2.24) is 0 Å². The van der Waals surface area contributed by atoms with Crippen molar-refractivity contribution in [3.8, 4) is 0 Å². The summed E-state index contributed by atoms with van der Waals surface area (Å²) in [5.74, 6) is 0. The second-order valence-electron chi connectivity index (χ2n) is 5.26. The number of pyridine rings is 1. The van der Waals surface area contributed by atoms with Crippen LogP contribution in [0, 0.1) is 0 Å². The van der Waals surface area contributed by atoms with Crippen molar-refractivity contribution in [2.24, 2.45) is 0 Å². The van der Waals surface area contributed by atoms with Crippen LogP contribution in [0.1, 0.15) is 70.8 Å². The summed E-state index contributed by atoms with van der Waals surface area (Å²) in [4.78, 5) is 0. The minimum absolute atomic E-state index is 0. The van der Waals surface area contributed by atoms with Crippen LogP contribution in [-0.4, -0.2) is 0 Å². The molecule has 0 spiro atoms. The Morgan fingerprint density at radius 2 is 1.32 bits per heavy atom. The second kappa shape index (κ2) is 12.9. The molecule has 19 heavy (non-hydrogen) atoms. The number of rotatable bonds is 10. The molecule has 0 atom stereocenters.